The van der Waals surface area contributed by atoms with Crippen molar-refractivity contribution < 1.29 is 19.4 Å². The summed E-state index contributed by atoms with van der Waals surface area (Å²) >= 11 is 0. The predicted octanol–water partition coefficient (Wildman–Crippen LogP) is 0.865. The largest absolute Gasteiger partial charge is 0.480 e. The smallest absolute Gasteiger partial charge is 0.408 e. The van der Waals surface area contributed by atoms with Gasteiger partial charge in [-0.2, -0.15) is 10.2 Å². The lowest BCUT2D eigenvalue weighted by atomic mass is 10.0. The van der Waals surface area contributed by atoms with E-state index in [1.54, 1.807) is 20.8 Å². The number of alkyl carbamates (subject to hydrolysis) is 1. The fourth-order valence-electron chi connectivity index (χ4n) is 1.56. The van der Waals surface area contributed by atoms with Gasteiger partial charge in [0.25, 0.3) is 0 Å². The van der Waals surface area contributed by atoms with Crippen molar-refractivity contribution in [3.8, 4) is 0 Å². The topological polar surface area (TPSA) is 126 Å². The number of amides is 1. The first-order chi connectivity index (χ1) is 8.67. The first kappa shape index (κ1) is 15.4. The monoisotopic (exact) mass is 272 g/mol. The number of carbonyl (C=O) groups excluding carboxylic acids is 1. The van der Waals surface area contributed by atoms with Crippen molar-refractivity contribution in [2.24, 2.45) is 16.0 Å². The second kappa shape index (κ2) is 5.52. The summed E-state index contributed by atoms with van der Waals surface area (Å²) in [5.41, 5.74) is 3.97. The highest BCUT2D eigenvalue weighted by Gasteiger charge is 2.44. The number of ether oxygens (including phenoxy) is 1. The number of rotatable bonds is 6. The van der Waals surface area contributed by atoms with Gasteiger partial charge in [0, 0.05) is 12.8 Å². The van der Waals surface area contributed by atoms with Gasteiger partial charge >= 0.3 is 12.1 Å². The Morgan fingerprint density at radius 3 is 2.37 bits per heavy atom. The molecular formula is C11H20N4O4. The summed E-state index contributed by atoms with van der Waals surface area (Å²) in [7, 11) is 0. The minimum atomic E-state index is -1.15. The summed E-state index contributed by atoms with van der Waals surface area (Å²) in [5.74, 6) is -1.15. The third-order valence-corrected chi connectivity index (χ3v) is 2.45. The van der Waals surface area contributed by atoms with Crippen LogP contribution in [0.2, 0.25) is 0 Å². The lowest BCUT2D eigenvalue weighted by Gasteiger charge is -2.22. The molecule has 0 bridgehead atoms. The molecule has 0 unspecified atom stereocenters. The van der Waals surface area contributed by atoms with Crippen molar-refractivity contribution in [2.45, 2.75) is 50.9 Å². The summed E-state index contributed by atoms with van der Waals surface area (Å²) < 4.78 is 5.01. The van der Waals surface area contributed by atoms with Gasteiger partial charge in [-0.25, -0.2) is 9.59 Å². The van der Waals surface area contributed by atoms with Gasteiger partial charge in [0.05, 0.1) is 0 Å². The van der Waals surface area contributed by atoms with Crippen LogP contribution >= 0.6 is 0 Å². The molecule has 1 aliphatic heterocycles. The predicted molar refractivity (Wildman–Crippen MR) is 66.7 cm³/mol. The molecule has 0 saturated carbocycles. The minimum Gasteiger partial charge on any atom is -0.480 e. The first-order valence-corrected chi connectivity index (χ1v) is 6.04. The maximum atomic E-state index is 11.6. The van der Waals surface area contributed by atoms with E-state index >= 15 is 0 Å². The SMILES string of the molecule is CC(C)(C)OC(=O)N[C@@H](CC1(CCN)N=N1)C(=O)O. The van der Waals surface area contributed by atoms with E-state index in [1.807, 2.05) is 0 Å². The van der Waals surface area contributed by atoms with E-state index in [2.05, 4.69) is 15.5 Å². The van der Waals surface area contributed by atoms with Crippen molar-refractivity contribution >= 4 is 12.1 Å². The molecule has 0 radical (unpaired) electrons. The Morgan fingerprint density at radius 2 is 2.00 bits per heavy atom. The van der Waals surface area contributed by atoms with Gasteiger partial charge in [0.2, 0.25) is 0 Å². The van der Waals surface area contributed by atoms with Crippen LogP contribution in [0.25, 0.3) is 0 Å². The molecule has 0 fully saturated rings. The molecular weight excluding hydrogens is 252 g/mol. The van der Waals surface area contributed by atoms with Crippen LogP contribution in [0.1, 0.15) is 33.6 Å². The fraction of sp³-hybridized carbons (Fsp3) is 0.818. The van der Waals surface area contributed by atoms with Gasteiger partial charge in [0.15, 0.2) is 5.66 Å². The molecule has 0 aliphatic carbocycles. The van der Waals surface area contributed by atoms with Crippen LogP contribution < -0.4 is 11.1 Å². The zero-order chi connectivity index (χ0) is 14.7. The number of nitrogens with one attached hydrogen (secondary N) is 1. The van der Waals surface area contributed by atoms with Crippen molar-refractivity contribution in [2.75, 3.05) is 6.54 Å². The molecule has 0 saturated heterocycles. The van der Waals surface area contributed by atoms with Gasteiger partial charge in [-0.3, -0.25) is 0 Å². The van der Waals surface area contributed by atoms with E-state index in [9.17, 15) is 9.59 Å². The number of hydrogen-bond donors (Lipinski definition) is 3. The highest BCUT2D eigenvalue weighted by molar-refractivity contribution is 5.80. The average molecular weight is 272 g/mol. The molecule has 1 rings (SSSR count). The lowest BCUT2D eigenvalue weighted by Crippen LogP contribution is -2.45. The molecule has 8 heteroatoms. The number of nitrogens with two attached hydrogens (primary N) is 1. The van der Waals surface area contributed by atoms with Crippen LogP contribution in [0.3, 0.4) is 0 Å². The molecule has 4 N–H and O–H groups in total. The third-order valence-electron chi connectivity index (χ3n) is 2.45. The van der Waals surface area contributed by atoms with Gasteiger partial charge < -0.3 is 20.9 Å². The molecule has 0 aromatic rings. The number of aliphatic carboxylic acids is 1. The van der Waals surface area contributed by atoms with Crippen LogP contribution in [-0.2, 0) is 9.53 Å². The van der Waals surface area contributed by atoms with E-state index in [1.165, 1.54) is 0 Å². The Balaban J connectivity index is 2.54. The molecule has 1 heterocycles. The molecule has 108 valence electrons. The molecule has 0 spiro atoms. The summed E-state index contributed by atoms with van der Waals surface area (Å²) in [5, 5.41) is 19.0. The second-order valence-electron chi connectivity index (χ2n) is 5.46. The number of carboxylic acid groups (broad SMARTS) is 1. The van der Waals surface area contributed by atoms with Crippen LogP contribution in [0.15, 0.2) is 10.2 Å². The van der Waals surface area contributed by atoms with Crippen LogP contribution in [0, 0.1) is 0 Å². The zero-order valence-corrected chi connectivity index (χ0v) is 11.3. The van der Waals surface area contributed by atoms with Crippen molar-refractivity contribution in [3.63, 3.8) is 0 Å². The highest BCUT2D eigenvalue weighted by Crippen LogP contribution is 2.36. The number of hydrogen-bond acceptors (Lipinski definition) is 6. The van der Waals surface area contributed by atoms with Crippen molar-refractivity contribution in [1.29, 1.82) is 0 Å². The first-order valence-electron chi connectivity index (χ1n) is 6.04. The van der Waals surface area contributed by atoms with E-state index in [4.69, 9.17) is 15.6 Å². The van der Waals surface area contributed by atoms with Crippen LogP contribution in [-0.4, -0.2) is 41.0 Å². The van der Waals surface area contributed by atoms with Crippen LogP contribution in [0.4, 0.5) is 4.79 Å². The summed E-state index contributed by atoms with van der Waals surface area (Å²) in [6.45, 7) is 5.45. The normalized spacial score (nSPS) is 17.7. The van der Waals surface area contributed by atoms with Gasteiger partial charge in [-0.15, -0.1) is 0 Å². The van der Waals surface area contributed by atoms with E-state index < -0.39 is 29.4 Å². The van der Waals surface area contributed by atoms with E-state index in [0.717, 1.165) is 0 Å². The Labute approximate surface area is 111 Å². The Kier molecular flexibility index (Phi) is 4.46. The number of carboxylic acids is 1. The molecule has 1 atom stereocenters. The molecule has 1 amide bonds. The zero-order valence-electron chi connectivity index (χ0n) is 11.3. The molecule has 0 aromatic carbocycles. The lowest BCUT2D eigenvalue weighted by molar-refractivity contribution is -0.139. The molecule has 0 aromatic heterocycles. The summed E-state index contributed by atoms with van der Waals surface area (Å²) in [4.78, 5) is 22.7. The van der Waals surface area contributed by atoms with E-state index in [0.29, 0.717) is 13.0 Å². The summed E-state index contributed by atoms with van der Waals surface area (Å²) in [6, 6.07) is -1.10. The Hall–Kier alpha value is -1.70. The fourth-order valence-corrected chi connectivity index (χ4v) is 1.56. The Bertz CT molecular complexity index is 383. The average Bonchev–Trinajstić information content (AvgIpc) is 2.94. The third kappa shape index (κ3) is 5.21. The van der Waals surface area contributed by atoms with Gasteiger partial charge in [-0.1, -0.05) is 0 Å². The minimum absolute atomic E-state index is 0.0821. The number of nitrogens with zero attached hydrogens (tertiary/aromatic N) is 2. The van der Waals surface area contributed by atoms with E-state index in [-0.39, 0.29) is 6.42 Å². The van der Waals surface area contributed by atoms with Gasteiger partial charge in [0.1, 0.15) is 11.6 Å². The molecule has 1 aliphatic rings. The second-order valence-corrected chi connectivity index (χ2v) is 5.46. The highest BCUT2D eigenvalue weighted by atomic mass is 16.6. The molecule has 8 nitrogen and oxygen atoms in total. The summed E-state index contributed by atoms with van der Waals surface area (Å²) in [6.07, 6.45) is -0.227. The quantitative estimate of drug-likeness (QED) is 0.661. The Morgan fingerprint density at radius 1 is 1.42 bits per heavy atom. The maximum absolute atomic E-state index is 11.6. The van der Waals surface area contributed by atoms with Crippen molar-refractivity contribution in [3.05, 3.63) is 0 Å². The van der Waals surface area contributed by atoms with Crippen molar-refractivity contribution in [1.82, 2.24) is 5.32 Å². The molecule has 19 heavy (non-hydrogen) atoms. The maximum Gasteiger partial charge on any atom is 0.408 e. The standard InChI is InChI=1S/C11H20N4O4/c1-10(2,3)19-9(18)13-7(8(16)17)6-11(4-5-12)14-15-11/h7H,4-6,12H2,1-3H3,(H,13,18)(H,16,17)/t7-/m0/s1. The van der Waals surface area contributed by atoms with Gasteiger partial charge in [-0.05, 0) is 27.3 Å². The number of carbonyl (C=O) groups is 2. The van der Waals surface area contributed by atoms with Crippen LogP contribution in [0.5, 0.6) is 0 Å².